The molecule has 144 valence electrons. The predicted octanol–water partition coefficient (Wildman–Crippen LogP) is 1.90. The fourth-order valence-electron chi connectivity index (χ4n) is 3.69. The second kappa shape index (κ2) is 7.82. The normalized spacial score (nSPS) is 19.0. The molecule has 3 heterocycles. The van der Waals surface area contributed by atoms with E-state index >= 15 is 0 Å². The topological polar surface area (TPSA) is 91.5 Å². The number of amides is 2. The van der Waals surface area contributed by atoms with Crippen LogP contribution >= 0.6 is 0 Å². The molecule has 2 aliphatic rings. The first-order valence-electron chi connectivity index (χ1n) is 9.41. The molecule has 0 spiro atoms. The maximum atomic E-state index is 13.0. The van der Waals surface area contributed by atoms with E-state index in [1.54, 1.807) is 35.4 Å². The first-order chi connectivity index (χ1) is 13.7. The molecule has 8 heteroatoms. The Morgan fingerprint density at radius 2 is 2.18 bits per heavy atom. The van der Waals surface area contributed by atoms with Crippen molar-refractivity contribution in [1.82, 2.24) is 19.7 Å². The molecule has 0 unspecified atom stereocenters. The molecule has 0 aliphatic carbocycles. The summed E-state index contributed by atoms with van der Waals surface area (Å²) in [6.07, 6.45) is 3.80. The van der Waals surface area contributed by atoms with Crippen LogP contribution in [-0.4, -0.2) is 51.3 Å². The van der Waals surface area contributed by atoms with Crippen LogP contribution in [0.3, 0.4) is 0 Å². The van der Waals surface area contributed by atoms with Crippen LogP contribution in [0.2, 0.25) is 0 Å². The third-order valence-electron chi connectivity index (χ3n) is 5.10. The zero-order valence-corrected chi connectivity index (χ0v) is 15.5. The molecule has 1 aromatic heterocycles. The third kappa shape index (κ3) is 3.62. The summed E-state index contributed by atoms with van der Waals surface area (Å²) >= 11 is 0. The van der Waals surface area contributed by atoms with Gasteiger partial charge < -0.3 is 4.90 Å². The molecule has 0 radical (unpaired) electrons. The van der Waals surface area contributed by atoms with Crippen molar-refractivity contribution in [3.05, 3.63) is 53.3 Å². The summed E-state index contributed by atoms with van der Waals surface area (Å²) in [6.45, 7) is 1.95. The van der Waals surface area contributed by atoms with Crippen molar-refractivity contribution in [2.45, 2.75) is 31.8 Å². The number of hydroxylamine groups is 2. The average Bonchev–Trinajstić information content (AvgIpc) is 3.23. The minimum absolute atomic E-state index is 0.0908. The Kier molecular flexibility index (Phi) is 5.08. The highest BCUT2D eigenvalue weighted by Crippen LogP contribution is 2.25. The zero-order chi connectivity index (χ0) is 19.5. The van der Waals surface area contributed by atoms with Crippen molar-refractivity contribution in [3.63, 3.8) is 0 Å². The Morgan fingerprint density at radius 1 is 1.29 bits per heavy atom. The second-order valence-corrected chi connectivity index (χ2v) is 7.04. The fourth-order valence-corrected chi connectivity index (χ4v) is 3.69. The summed E-state index contributed by atoms with van der Waals surface area (Å²) in [5, 5.41) is 14.9. The summed E-state index contributed by atoms with van der Waals surface area (Å²) in [5.41, 5.74) is 1.80. The molecular formula is C20H21N5O3. The Bertz CT molecular complexity index is 926. The van der Waals surface area contributed by atoms with Gasteiger partial charge in [-0.25, -0.2) is 5.06 Å². The SMILES string of the molecule is N#Cc1cccc(C(=O)N2Cc3ccnn3[C@@H](CC(=O)N3CCCCO3)C2)c1. The van der Waals surface area contributed by atoms with Crippen LogP contribution < -0.4 is 0 Å². The van der Waals surface area contributed by atoms with Crippen LogP contribution in [0.25, 0.3) is 0 Å². The van der Waals surface area contributed by atoms with E-state index in [0.29, 0.717) is 37.4 Å². The maximum Gasteiger partial charge on any atom is 0.254 e. The molecule has 1 atom stereocenters. The number of rotatable bonds is 3. The van der Waals surface area contributed by atoms with Crippen LogP contribution in [0, 0.1) is 11.3 Å². The van der Waals surface area contributed by atoms with Crippen molar-refractivity contribution in [3.8, 4) is 6.07 Å². The monoisotopic (exact) mass is 379 g/mol. The molecule has 2 aromatic rings. The molecule has 2 amide bonds. The number of hydrogen-bond donors (Lipinski definition) is 0. The van der Waals surface area contributed by atoms with Gasteiger partial charge in [0.1, 0.15) is 0 Å². The molecule has 8 nitrogen and oxygen atoms in total. The molecule has 1 fully saturated rings. The molecule has 1 saturated heterocycles. The summed E-state index contributed by atoms with van der Waals surface area (Å²) in [5.74, 6) is -0.247. The molecule has 0 N–H and O–H groups in total. The van der Waals surface area contributed by atoms with E-state index in [2.05, 4.69) is 11.2 Å². The molecule has 28 heavy (non-hydrogen) atoms. The molecular weight excluding hydrogens is 358 g/mol. The van der Waals surface area contributed by atoms with Gasteiger partial charge in [0.2, 0.25) is 5.91 Å². The lowest BCUT2D eigenvalue weighted by molar-refractivity contribution is -0.198. The summed E-state index contributed by atoms with van der Waals surface area (Å²) in [6, 6.07) is 10.3. The lowest BCUT2D eigenvalue weighted by Gasteiger charge is -2.35. The van der Waals surface area contributed by atoms with Crippen LogP contribution in [0.4, 0.5) is 0 Å². The molecule has 1 aromatic carbocycles. The van der Waals surface area contributed by atoms with Crippen LogP contribution in [0.5, 0.6) is 0 Å². The van der Waals surface area contributed by atoms with Gasteiger partial charge in [-0.05, 0) is 37.1 Å². The standard InChI is InChI=1S/C20H21N5O3/c21-12-15-4-3-5-16(10-15)20(27)23-13-17-6-7-22-25(17)18(14-23)11-19(26)24-8-1-2-9-28-24/h3-7,10,18H,1-2,8-9,11,13-14H2/t18-/m0/s1. The van der Waals surface area contributed by atoms with E-state index in [9.17, 15) is 9.59 Å². The Morgan fingerprint density at radius 3 is 2.96 bits per heavy atom. The Hall–Kier alpha value is -3.18. The van der Waals surface area contributed by atoms with Crippen LogP contribution in [0.1, 0.15) is 46.9 Å². The van der Waals surface area contributed by atoms with Crippen molar-refractivity contribution in [2.24, 2.45) is 0 Å². The molecule has 4 rings (SSSR count). The highest BCUT2D eigenvalue weighted by atomic mass is 16.7. The highest BCUT2D eigenvalue weighted by molar-refractivity contribution is 5.94. The maximum absolute atomic E-state index is 13.0. The Balaban J connectivity index is 1.52. The lowest BCUT2D eigenvalue weighted by Crippen LogP contribution is -2.44. The zero-order valence-electron chi connectivity index (χ0n) is 15.5. The van der Waals surface area contributed by atoms with Gasteiger partial charge in [0.05, 0.1) is 42.9 Å². The van der Waals surface area contributed by atoms with E-state index in [1.807, 2.05) is 10.7 Å². The van der Waals surface area contributed by atoms with E-state index < -0.39 is 0 Å². The van der Waals surface area contributed by atoms with E-state index in [1.165, 1.54) is 5.06 Å². The summed E-state index contributed by atoms with van der Waals surface area (Å²) in [4.78, 5) is 32.8. The number of benzene rings is 1. The van der Waals surface area contributed by atoms with Crippen molar-refractivity contribution in [2.75, 3.05) is 19.7 Å². The van der Waals surface area contributed by atoms with E-state index in [4.69, 9.17) is 10.1 Å². The highest BCUT2D eigenvalue weighted by Gasteiger charge is 2.32. The second-order valence-electron chi connectivity index (χ2n) is 7.04. The lowest BCUT2D eigenvalue weighted by atomic mass is 10.1. The van der Waals surface area contributed by atoms with E-state index in [-0.39, 0.29) is 24.3 Å². The number of carbonyl (C=O) groups excluding carboxylic acids is 2. The quantitative estimate of drug-likeness (QED) is 0.812. The van der Waals surface area contributed by atoms with Gasteiger partial charge in [-0.1, -0.05) is 6.07 Å². The Labute approximate surface area is 162 Å². The van der Waals surface area contributed by atoms with Gasteiger partial charge in [-0.2, -0.15) is 10.4 Å². The minimum Gasteiger partial charge on any atom is -0.331 e. The van der Waals surface area contributed by atoms with Gasteiger partial charge >= 0.3 is 0 Å². The van der Waals surface area contributed by atoms with Gasteiger partial charge in [0.15, 0.2) is 0 Å². The summed E-state index contributed by atoms with van der Waals surface area (Å²) in [7, 11) is 0. The number of nitriles is 1. The van der Waals surface area contributed by atoms with Gasteiger partial charge in [0.25, 0.3) is 5.91 Å². The number of aromatic nitrogens is 2. The number of nitrogens with zero attached hydrogens (tertiary/aromatic N) is 5. The van der Waals surface area contributed by atoms with Crippen LogP contribution in [0.15, 0.2) is 36.5 Å². The summed E-state index contributed by atoms with van der Waals surface area (Å²) < 4.78 is 1.83. The predicted molar refractivity (Wildman–Crippen MR) is 98.7 cm³/mol. The molecule has 2 aliphatic heterocycles. The number of carbonyl (C=O) groups is 2. The van der Waals surface area contributed by atoms with E-state index in [0.717, 1.165) is 18.5 Å². The van der Waals surface area contributed by atoms with Crippen molar-refractivity contribution in [1.29, 1.82) is 5.26 Å². The largest absolute Gasteiger partial charge is 0.331 e. The number of fused-ring (bicyclic) bond motifs is 1. The van der Waals surface area contributed by atoms with Gasteiger partial charge in [0, 0.05) is 24.8 Å². The van der Waals surface area contributed by atoms with Crippen molar-refractivity contribution >= 4 is 11.8 Å². The van der Waals surface area contributed by atoms with Gasteiger partial charge in [-0.15, -0.1) is 0 Å². The first-order valence-corrected chi connectivity index (χ1v) is 9.41. The minimum atomic E-state index is -0.250. The smallest absolute Gasteiger partial charge is 0.254 e. The number of hydrogen-bond acceptors (Lipinski definition) is 5. The average molecular weight is 379 g/mol. The van der Waals surface area contributed by atoms with Crippen molar-refractivity contribution < 1.29 is 14.4 Å². The third-order valence-corrected chi connectivity index (χ3v) is 5.10. The first kappa shape index (κ1) is 18.2. The molecule has 0 saturated carbocycles. The van der Waals surface area contributed by atoms with Crippen LogP contribution in [-0.2, 0) is 16.2 Å². The fraction of sp³-hybridized carbons (Fsp3) is 0.400. The van der Waals surface area contributed by atoms with Gasteiger partial charge in [-0.3, -0.25) is 19.1 Å². The molecule has 0 bridgehead atoms.